The van der Waals surface area contributed by atoms with Crippen molar-refractivity contribution < 1.29 is 17.9 Å². The zero-order valence-corrected chi connectivity index (χ0v) is 17.6. The molecule has 152 valence electrons. The first-order chi connectivity index (χ1) is 13.9. The van der Waals surface area contributed by atoms with E-state index in [0.717, 1.165) is 11.3 Å². The van der Waals surface area contributed by atoms with Gasteiger partial charge < -0.3 is 10.1 Å². The lowest BCUT2D eigenvalue weighted by Crippen LogP contribution is -2.23. The number of ether oxygens (including phenoxy) is 1. The maximum atomic E-state index is 12.4. The van der Waals surface area contributed by atoms with E-state index < -0.39 is 15.9 Å². The second-order valence-corrected chi connectivity index (χ2v) is 8.96. The average molecular weight is 453 g/mol. The monoisotopic (exact) mass is 452 g/mol. The van der Waals surface area contributed by atoms with Crippen molar-refractivity contribution >= 4 is 44.6 Å². The number of nitrogens with one attached hydrogen (secondary N) is 2. The molecule has 8 nitrogen and oxygen atoms in total. The van der Waals surface area contributed by atoms with Gasteiger partial charge in [0.25, 0.3) is 5.91 Å². The number of sulfonamides is 1. The number of aromatic nitrogens is 2. The molecule has 0 bridgehead atoms. The standard InChI is InChI=1S/C18H17ClN4O4S2/c1-2-27-14-6-8-15(9-7-14)29(25,26)20-11-16-22-23-18(28-16)17(24)21-13-5-3-4-12(19)10-13/h3-10,20H,2,11H2,1H3,(H,21,24). The summed E-state index contributed by atoms with van der Waals surface area (Å²) in [5, 5.41) is 11.3. The number of anilines is 1. The lowest BCUT2D eigenvalue weighted by Gasteiger charge is -2.07. The second kappa shape index (κ2) is 9.31. The Morgan fingerprint density at radius 1 is 1.17 bits per heavy atom. The van der Waals surface area contributed by atoms with Gasteiger partial charge in [0, 0.05) is 10.7 Å². The molecule has 3 rings (SSSR count). The van der Waals surface area contributed by atoms with Crippen LogP contribution < -0.4 is 14.8 Å². The molecule has 11 heteroatoms. The summed E-state index contributed by atoms with van der Waals surface area (Å²) in [5.74, 6) is 0.135. The molecule has 1 heterocycles. The quantitative estimate of drug-likeness (QED) is 0.542. The molecule has 1 amide bonds. The molecule has 0 spiro atoms. The molecule has 0 aliphatic heterocycles. The Morgan fingerprint density at radius 2 is 1.93 bits per heavy atom. The van der Waals surface area contributed by atoms with Crippen molar-refractivity contribution in [3.63, 3.8) is 0 Å². The fraction of sp³-hybridized carbons (Fsp3) is 0.167. The van der Waals surface area contributed by atoms with E-state index in [2.05, 4.69) is 20.2 Å². The minimum absolute atomic E-state index is 0.0857. The van der Waals surface area contributed by atoms with Crippen LogP contribution in [-0.2, 0) is 16.6 Å². The minimum atomic E-state index is -3.74. The highest BCUT2D eigenvalue weighted by Gasteiger charge is 2.17. The van der Waals surface area contributed by atoms with Crippen LogP contribution >= 0.6 is 22.9 Å². The molecule has 0 radical (unpaired) electrons. The van der Waals surface area contributed by atoms with E-state index in [1.54, 1.807) is 36.4 Å². The zero-order valence-electron chi connectivity index (χ0n) is 15.3. The summed E-state index contributed by atoms with van der Waals surface area (Å²) >= 11 is 6.88. The molecule has 0 unspecified atom stereocenters. The van der Waals surface area contributed by atoms with Gasteiger partial charge in [-0.25, -0.2) is 13.1 Å². The second-order valence-electron chi connectivity index (χ2n) is 5.69. The Labute approximate surface area is 176 Å². The van der Waals surface area contributed by atoms with Crippen molar-refractivity contribution in [3.05, 3.63) is 63.6 Å². The van der Waals surface area contributed by atoms with E-state index in [-0.39, 0.29) is 16.4 Å². The topological polar surface area (TPSA) is 110 Å². The number of carbonyl (C=O) groups excluding carboxylic acids is 1. The van der Waals surface area contributed by atoms with Gasteiger partial charge in [-0.2, -0.15) is 0 Å². The molecule has 3 aromatic rings. The van der Waals surface area contributed by atoms with Gasteiger partial charge in [-0.1, -0.05) is 29.0 Å². The zero-order chi connectivity index (χ0) is 20.9. The van der Waals surface area contributed by atoms with Crippen LogP contribution in [0.5, 0.6) is 5.75 Å². The number of amides is 1. The number of rotatable bonds is 8. The predicted octanol–water partition coefficient (Wildman–Crippen LogP) is 3.32. The molecule has 0 saturated heterocycles. The third kappa shape index (κ3) is 5.73. The molecule has 0 saturated carbocycles. The Balaban J connectivity index is 1.61. The maximum absolute atomic E-state index is 12.4. The molecule has 2 N–H and O–H groups in total. The number of benzene rings is 2. The molecular formula is C18H17ClN4O4S2. The van der Waals surface area contributed by atoms with Gasteiger partial charge in [-0.05, 0) is 49.4 Å². The van der Waals surface area contributed by atoms with E-state index >= 15 is 0 Å². The Morgan fingerprint density at radius 3 is 2.62 bits per heavy atom. The van der Waals surface area contributed by atoms with Gasteiger partial charge in [0.2, 0.25) is 15.0 Å². The summed E-state index contributed by atoms with van der Waals surface area (Å²) < 4.78 is 32.5. The number of hydrogen-bond acceptors (Lipinski definition) is 7. The van der Waals surface area contributed by atoms with Crippen LogP contribution in [0.4, 0.5) is 5.69 Å². The van der Waals surface area contributed by atoms with Gasteiger partial charge in [0.1, 0.15) is 10.8 Å². The van der Waals surface area contributed by atoms with E-state index in [0.29, 0.717) is 28.1 Å². The van der Waals surface area contributed by atoms with Gasteiger partial charge in [-0.3, -0.25) is 4.79 Å². The number of halogens is 1. The summed E-state index contributed by atoms with van der Waals surface area (Å²) in [7, 11) is -3.74. The molecule has 0 aliphatic rings. The fourth-order valence-electron chi connectivity index (χ4n) is 2.29. The number of hydrogen-bond donors (Lipinski definition) is 2. The van der Waals surface area contributed by atoms with E-state index in [1.807, 2.05) is 6.92 Å². The van der Waals surface area contributed by atoms with Crippen LogP contribution in [0, 0.1) is 0 Å². The third-order valence-corrected chi connectivity index (χ3v) is 6.18. The van der Waals surface area contributed by atoms with Crippen molar-refractivity contribution in [2.75, 3.05) is 11.9 Å². The highest BCUT2D eigenvalue weighted by molar-refractivity contribution is 7.89. The normalized spacial score (nSPS) is 11.2. The van der Waals surface area contributed by atoms with Crippen molar-refractivity contribution in [1.29, 1.82) is 0 Å². The SMILES string of the molecule is CCOc1ccc(S(=O)(=O)NCc2nnc(C(=O)Nc3cccc(Cl)c3)s2)cc1. The van der Waals surface area contributed by atoms with Crippen molar-refractivity contribution in [2.45, 2.75) is 18.4 Å². The van der Waals surface area contributed by atoms with Crippen LogP contribution in [0.1, 0.15) is 21.7 Å². The first-order valence-electron chi connectivity index (χ1n) is 8.49. The van der Waals surface area contributed by atoms with Crippen molar-refractivity contribution in [2.24, 2.45) is 0 Å². The summed E-state index contributed by atoms with van der Waals surface area (Å²) in [6, 6.07) is 12.8. The van der Waals surface area contributed by atoms with Gasteiger partial charge >= 0.3 is 0 Å². The van der Waals surface area contributed by atoms with Crippen molar-refractivity contribution in [3.8, 4) is 5.75 Å². The lowest BCUT2D eigenvalue weighted by atomic mass is 10.3. The summed E-state index contributed by atoms with van der Waals surface area (Å²) in [4.78, 5) is 12.4. The van der Waals surface area contributed by atoms with Crippen LogP contribution in [-0.4, -0.2) is 31.1 Å². The lowest BCUT2D eigenvalue weighted by molar-refractivity contribution is 0.102. The van der Waals surface area contributed by atoms with E-state index in [9.17, 15) is 13.2 Å². The number of nitrogens with zero attached hydrogens (tertiary/aromatic N) is 2. The van der Waals surface area contributed by atoms with E-state index in [1.165, 1.54) is 12.1 Å². The first kappa shape index (κ1) is 21.2. The highest BCUT2D eigenvalue weighted by Crippen LogP contribution is 2.19. The van der Waals surface area contributed by atoms with Gasteiger partial charge in [0.05, 0.1) is 18.0 Å². The highest BCUT2D eigenvalue weighted by atomic mass is 35.5. The Hall–Kier alpha value is -2.53. The maximum Gasteiger partial charge on any atom is 0.286 e. The molecule has 1 aromatic heterocycles. The van der Waals surface area contributed by atoms with Gasteiger partial charge in [0.15, 0.2) is 0 Å². The molecule has 0 atom stereocenters. The smallest absolute Gasteiger partial charge is 0.286 e. The fourth-order valence-corrected chi connectivity index (χ4v) is 4.23. The predicted molar refractivity (Wildman–Crippen MR) is 111 cm³/mol. The Kier molecular flexibility index (Phi) is 6.80. The first-order valence-corrected chi connectivity index (χ1v) is 11.2. The van der Waals surface area contributed by atoms with Crippen molar-refractivity contribution in [1.82, 2.24) is 14.9 Å². The van der Waals surface area contributed by atoms with Crippen LogP contribution in [0.15, 0.2) is 53.4 Å². The number of carbonyl (C=O) groups is 1. The third-order valence-electron chi connectivity index (χ3n) is 3.60. The molecule has 0 aliphatic carbocycles. The van der Waals surface area contributed by atoms with E-state index in [4.69, 9.17) is 16.3 Å². The summed E-state index contributed by atoms with van der Waals surface area (Å²) in [6.45, 7) is 2.25. The molecule has 0 fully saturated rings. The summed E-state index contributed by atoms with van der Waals surface area (Å²) in [5.41, 5.74) is 0.524. The van der Waals surface area contributed by atoms with Crippen LogP contribution in [0.2, 0.25) is 5.02 Å². The molecule has 29 heavy (non-hydrogen) atoms. The minimum Gasteiger partial charge on any atom is -0.494 e. The average Bonchev–Trinajstić information content (AvgIpc) is 3.17. The Bertz CT molecular complexity index is 1100. The molecule has 2 aromatic carbocycles. The molecular weight excluding hydrogens is 436 g/mol. The summed E-state index contributed by atoms with van der Waals surface area (Å²) in [6.07, 6.45) is 0. The largest absolute Gasteiger partial charge is 0.494 e. The van der Waals surface area contributed by atoms with Gasteiger partial charge in [-0.15, -0.1) is 10.2 Å². The van der Waals surface area contributed by atoms with Crippen LogP contribution in [0.25, 0.3) is 0 Å². The van der Waals surface area contributed by atoms with Crippen LogP contribution in [0.3, 0.4) is 0 Å².